The third-order valence-corrected chi connectivity index (χ3v) is 6.13. The van der Waals surface area contributed by atoms with E-state index in [1.165, 1.54) is 18.5 Å². The van der Waals surface area contributed by atoms with Crippen LogP contribution in [0.1, 0.15) is 56.3 Å². The number of carbonyl (C=O) groups is 1. The molecule has 3 rings (SSSR count). The number of anilines is 1. The van der Waals surface area contributed by atoms with E-state index < -0.39 is 6.10 Å². The first-order chi connectivity index (χ1) is 13.8. The predicted octanol–water partition coefficient (Wildman–Crippen LogP) is 5.18. The molecule has 4 heteroatoms. The van der Waals surface area contributed by atoms with Crippen molar-refractivity contribution in [1.82, 2.24) is 5.32 Å². The summed E-state index contributed by atoms with van der Waals surface area (Å²) >= 11 is 0. The zero-order valence-corrected chi connectivity index (χ0v) is 18.4. The van der Waals surface area contributed by atoms with Gasteiger partial charge in [0.1, 0.15) is 5.75 Å². The molecule has 1 aliphatic rings. The number of nitrogens with zero attached hydrogens (tertiary/aromatic N) is 1. The standard InChI is InChI=1S/C25H34N2O2/c1-17-13-15-27(16-14-17)23-11-9-22(10-12-23)20(4)26-25(28)21(5)29-24-8-6-7-18(2)19(24)3/h6-12,17,20-21H,13-16H2,1-5H3,(H,26,28)/t20-,21+/m1/s1. The van der Waals surface area contributed by atoms with Crippen molar-refractivity contribution in [2.45, 2.75) is 59.6 Å². The van der Waals surface area contributed by atoms with Crippen molar-refractivity contribution in [3.63, 3.8) is 0 Å². The van der Waals surface area contributed by atoms with Crippen LogP contribution >= 0.6 is 0 Å². The Bertz CT molecular complexity index is 823. The average Bonchev–Trinajstić information content (AvgIpc) is 2.72. The highest BCUT2D eigenvalue weighted by atomic mass is 16.5. The van der Waals surface area contributed by atoms with Crippen LogP contribution in [0.15, 0.2) is 42.5 Å². The van der Waals surface area contributed by atoms with Gasteiger partial charge in [-0.1, -0.05) is 31.2 Å². The number of rotatable bonds is 6. The third-order valence-electron chi connectivity index (χ3n) is 6.13. The number of carbonyl (C=O) groups excluding carboxylic acids is 1. The van der Waals surface area contributed by atoms with E-state index in [9.17, 15) is 4.79 Å². The van der Waals surface area contributed by atoms with Gasteiger partial charge in [-0.15, -0.1) is 0 Å². The molecular weight excluding hydrogens is 360 g/mol. The van der Waals surface area contributed by atoms with Crippen LogP contribution in [0, 0.1) is 19.8 Å². The number of aryl methyl sites for hydroxylation is 1. The maximum absolute atomic E-state index is 12.6. The minimum atomic E-state index is -0.549. The summed E-state index contributed by atoms with van der Waals surface area (Å²) < 4.78 is 5.91. The fourth-order valence-electron chi connectivity index (χ4n) is 3.75. The molecule has 2 aromatic rings. The lowest BCUT2D eigenvalue weighted by Gasteiger charge is -2.32. The quantitative estimate of drug-likeness (QED) is 0.733. The molecule has 1 amide bonds. The number of benzene rings is 2. The smallest absolute Gasteiger partial charge is 0.261 e. The minimum Gasteiger partial charge on any atom is -0.481 e. The molecule has 156 valence electrons. The van der Waals surface area contributed by atoms with Gasteiger partial charge >= 0.3 is 0 Å². The molecule has 1 saturated heterocycles. The van der Waals surface area contributed by atoms with Gasteiger partial charge in [-0.05, 0) is 81.3 Å². The molecule has 2 atom stereocenters. The van der Waals surface area contributed by atoms with Crippen LogP contribution in [0.4, 0.5) is 5.69 Å². The van der Waals surface area contributed by atoms with Crippen LogP contribution in [-0.2, 0) is 4.79 Å². The summed E-state index contributed by atoms with van der Waals surface area (Å²) in [5.41, 5.74) is 4.60. The van der Waals surface area contributed by atoms with E-state index in [0.29, 0.717) is 0 Å². The lowest BCUT2D eigenvalue weighted by atomic mass is 9.98. The SMILES string of the molecule is Cc1cccc(O[C@@H](C)C(=O)N[C@H](C)c2ccc(N3CCC(C)CC3)cc2)c1C. The highest BCUT2D eigenvalue weighted by molar-refractivity contribution is 5.81. The molecule has 1 heterocycles. The van der Waals surface area contributed by atoms with Crippen molar-refractivity contribution in [3.05, 3.63) is 59.2 Å². The molecule has 29 heavy (non-hydrogen) atoms. The number of amides is 1. The summed E-state index contributed by atoms with van der Waals surface area (Å²) in [5, 5.41) is 3.08. The van der Waals surface area contributed by atoms with Crippen LogP contribution < -0.4 is 15.0 Å². The third kappa shape index (κ3) is 5.31. The summed E-state index contributed by atoms with van der Waals surface area (Å²) in [6, 6.07) is 14.4. The monoisotopic (exact) mass is 394 g/mol. The van der Waals surface area contributed by atoms with Gasteiger partial charge in [-0.25, -0.2) is 0 Å². The number of ether oxygens (including phenoxy) is 1. The summed E-state index contributed by atoms with van der Waals surface area (Å²) in [7, 11) is 0. The molecule has 0 bridgehead atoms. The van der Waals surface area contributed by atoms with Crippen molar-refractivity contribution >= 4 is 11.6 Å². The van der Waals surface area contributed by atoms with Crippen molar-refractivity contribution in [2.75, 3.05) is 18.0 Å². The highest BCUT2D eigenvalue weighted by Crippen LogP contribution is 2.25. The first-order valence-corrected chi connectivity index (χ1v) is 10.7. The number of piperidine rings is 1. The fourth-order valence-corrected chi connectivity index (χ4v) is 3.75. The topological polar surface area (TPSA) is 41.6 Å². The van der Waals surface area contributed by atoms with E-state index in [1.54, 1.807) is 6.92 Å². The summed E-state index contributed by atoms with van der Waals surface area (Å²) in [4.78, 5) is 15.1. The van der Waals surface area contributed by atoms with Gasteiger partial charge in [0.2, 0.25) is 0 Å². The van der Waals surface area contributed by atoms with Crippen molar-refractivity contribution < 1.29 is 9.53 Å². The summed E-state index contributed by atoms with van der Waals surface area (Å²) in [5.74, 6) is 1.49. The second kappa shape index (κ2) is 9.34. The van der Waals surface area contributed by atoms with Gasteiger partial charge in [-0.3, -0.25) is 4.79 Å². The molecule has 0 aromatic heterocycles. The van der Waals surface area contributed by atoms with Gasteiger partial charge in [0.05, 0.1) is 6.04 Å². The minimum absolute atomic E-state index is 0.0671. The van der Waals surface area contributed by atoms with Gasteiger partial charge in [0.15, 0.2) is 6.10 Å². The number of nitrogens with one attached hydrogen (secondary N) is 1. The molecule has 0 radical (unpaired) electrons. The second-order valence-corrected chi connectivity index (χ2v) is 8.45. The second-order valence-electron chi connectivity index (χ2n) is 8.45. The lowest BCUT2D eigenvalue weighted by Crippen LogP contribution is -2.38. The van der Waals surface area contributed by atoms with Crippen LogP contribution in [0.2, 0.25) is 0 Å². The Morgan fingerprint density at radius 1 is 1.07 bits per heavy atom. The fraction of sp³-hybridized carbons (Fsp3) is 0.480. The molecule has 0 spiro atoms. The molecule has 4 nitrogen and oxygen atoms in total. The van der Waals surface area contributed by atoms with Crippen molar-refractivity contribution in [1.29, 1.82) is 0 Å². The van der Waals surface area contributed by atoms with E-state index in [1.807, 2.05) is 39.0 Å². The Morgan fingerprint density at radius 2 is 1.72 bits per heavy atom. The number of hydrogen-bond donors (Lipinski definition) is 1. The Balaban J connectivity index is 1.56. The Kier molecular flexibility index (Phi) is 6.83. The molecule has 0 saturated carbocycles. The maximum Gasteiger partial charge on any atom is 0.261 e. The first kappa shape index (κ1) is 21.2. The molecule has 0 aliphatic carbocycles. The van der Waals surface area contributed by atoms with E-state index in [0.717, 1.165) is 41.4 Å². The van der Waals surface area contributed by atoms with Gasteiger partial charge in [-0.2, -0.15) is 0 Å². The molecular formula is C25H34N2O2. The van der Waals surface area contributed by atoms with E-state index >= 15 is 0 Å². The zero-order chi connectivity index (χ0) is 21.0. The first-order valence-electron chi connectivity index (χ1n) is 10.7. The Labute approximate surface area is 175 Å². The molecule has 0 unspecified atom stereocenters. The van der Waals surface area contributed by atoms with Crippen molar-refractivity contribution in [3.8, 4) is 5.75 Å². The molecule has 2 aromatic carbocycles. The Hall–Kier alpha value is -2.49. The van der Waals surface area contributed by atoms with E-state index in [2.05, 4.69) is 41.4 Å². The maximum atomic E-state index is 12.6. The predicted molar refractivity (Wildman–Crippen MR) is 120 cm³/mol. The summed E-state index contributed by atoms with van der Waals surface area (Å²) in [6.07, 6.45) is 1.96. The normalized spacial score (nSPS) is 16.9. The molecule has 1 aliphatic heterocycles. The average molecular weight is 395 g/mol. The van der Waals surface area contributed by atoms with E-state index in [4.69, 9.17) is 4.74 Å². The molecule has 1 fully saturated rings. The highest BCUT2D eigenvalue weighted by Gasteiger charge is 2.20. The van der Waals surface area contributed by atoms with E-state index in [-0.39, 0.29) is 11.9 Å². The van der Waals surface area contributed by atoms with Gasteiger partial charge in [0.25, 0.3) is 5.91 Å². The molecule has 1 N–H and O–H groups in total. The van der Waals surface area contributed by atoms with Crippen molar-refractivity contribution in [2.24, 2.45) is 5.92 Å². The number of hydrogen-bond acceptors (Lipinski definition) is 3. The zero-order valence-electron chi connectivity index (χ0n) is 18.4. The van der Waals surface area contributed by atoms with Crippen LogP contribution in [0.5, 0.6) is 5.75 Å². The van der Waals surface area contributed by atoms with Crippen LogP contribution in [-0.4, -0.2) is 25.1 Å². The summed E-state index contributed by atoms with van der Waals surface area (Å²) in [6.45, 7) is 12.5. The van der Waals surface area contributed by atoms with Gasteiger partial charge < -0.3 is 15.0 Å². The van der Waals surface area contributed by atoms with Crippen LogP contribution in [0.3, 0.4) is 0 Å². The lowest BCUT2D eigenvalue weighted by molar-refractivity contribution is -0.127. The Morgan fingerprint density at radius 3 is 2.38 bits per heavy atom. The van der Waals surface area contributed by atoms with Gasteiger partial charge in [0, 0.05) is 18.8 Å². The van der Waals surface area contributed by atoms with Crippen LogP contribution in [0.25, 0.3) is 0 Å². The largest absolute Gasteiger partial charge is 0.481 e.